The predicted octanol–water partition coefficient (Wildman–Crippen LogP) is 2.50. The monoisotopic (exact) mass is 232 g/mol. The molecule has 1 aromatic rings. The van der Waals surface area contributed by atoms with Crippen molar-refractivity contribution >= 4 is 11.6 Å². The van der Waals surface area contributed by atoms with E-state index in [1.54, 1.807) is 6.07 Å². The van der Waals surface area contributed by atoms with Crippen LogP contribution in [0.3, 0.4) is 0 Å². The number of anilines is 1. The van der Waals surface area contributed by atoms with Crippen molar-refractivity contribution in [2.75, 3.05) is 5.73 Å². The maximum atomic E-state index is 12.1. The predicted molar refractivity (Wildman–Crippen MR) is 69.9 cm³/mol. The summed E-state index contributed by atoms with van der Waals surface area (Å²) in [4.78, 5) is 12.1. The average Bonchev–Trinajstić information content (AvgIpc) is 2.98. The van der Waals surface area contributed by atoms with Crippen LogP contribution in [0.15, 0.2) is 18.2 Å². The van der Waals surface area contributed by atoms with Gasteiger partial charge in [0.05, 0.1) is 5.56 Å². The summed E-state index contributed by atoms with van der Waals surface area (Å²) in [5, 5.41) is 3.08. The van der Waals surface area contributed by atoms with E-state index >= 15 is 0 Å². The molecule has 17 heavy (non-hydrogen) atoms. The zero-order valence-corrected chi connectivity index (χ0v) is 10.7. The lowest BCUT2D eigenvalue weighted by molar-refractivity contribution is 0.0904. The van der Waals surface area contributed by atoms with Gasteiger partial charge in [-0.05, 0) is 57.2 Å². The summed E-state index contributed by atoms with van der Waals surface area (Å²) >= 11 is 0. The number of nitrogens with two attached hydrogens (primary N) is 1. The van der Waals surface area contributed by atoms with Crippen molar-refractivity contribution in [3.63, 3.8) is 0 Å². The molecule has 3 heteroatoms. The van der Waals surface area contributed by atoms with Gasteiger partial charge < -0.3 is 11.1 Å². The second-order valence-corrected chi connectivity index (χ2v) is 5.54. The lowest BCUT2D eigenvalue weighted by Gasteiger charge is -2.26. The molecule has 3 N–H and O–H groups in total. The number of nitrogen functional groups attached to an aromatic ring is 1. The van der Waals surface area contributed by atoms with Crippen LogP contribution in [0.25, 0.3) is 0 Å². The quantitative estimate of drug-likeness (QED) is 0.787. The average molecular weight is 232 g/mol. The molecule has 0 atom stereocenters. The van der Waals surface area contributed by atoms with E-state index in [2.05, 4.69) is 19.2 Å². The van der Waals surface area contributed by atoms with Crippen LogP contribution in [0.4, 0.5) is 5.69 Å². The second-order valence-electron chi connectivity index (χ2n) is 5.54. The van der Waals surface area contributed by atoms with Gasteiger partial charge in [-0.3, -0.25) is 4.79 Å². The molecular weight excluding hydrogens is 212 g/mol. The van der Waals surface area contributed by atoms with Crippen LogP contribution in [0.2, 0.25) is 0 Å². The van der Waals surface area contributed by atoms with Gasteiger partial charge in [0.2, 0.25) is 0 Å². The summed E-state index contributed by atoms with van der Waals surface area (Å²) in [5.74, 6) is 0.539. The Kier molecular flexibility index (Phi) is 2.86. The number of hydrogen-bond donors (Lipinski definition) is 2. The van der Waals surface area contributed by atoms with E-state index in [4.69, 9.17) is 5.73 Å². The summed E-state index contributed by atoms with van der Waals surface area (Å²) in [6.07, 6.45) is 2.41. The fraction of sp³-hybridized carbons (Fsp3) is 0.500. The van der Waals surface area contributed by atoms with Gasteiger partial charge in [0.15, 0.2) is 0 Å². The highest BCUT2D eigenvalue weighted by molar-refractivity contribution is 5.99. The number of benzene rings is 1. The molecule has 1 aliphatic carbocycles. The first kappa shape index (κ1) is 12.0. The summed E-state index contributed by atoms with van der Waals surface area (Å²) in [7, 11) is 0. The van der Waals surface area contributed by atoms with Gasteiger partial charge in [-0.2, -0.15) is 0 Å². The van der Waals surface area contributed by atoms with Crippen molar-refractivity contribution in [1.29, 1.82) is 0 Å². The molecule has 0 spiro atoms. The maximum absolute atomic E-state index is 12.1. The van der Waals surface area contributed by atoms with Gasteiger partial charge >= 0.3 is 0 Å². The Bertz CT molecular complexity index is 448. The highest BCUT2D eigenvalue weighted by Crippen LogP contribution is 2.39. The zero-order chi connectivity index (χ0) is 12.6. The van der Waals surface area contributed by atoms with Crippen molar-refractivity contribution in [1.82, 2.24) is 5.32 Å². The molecule has 0 bridgehead atoms. The summed E-state index contributed by atoms with van der Waals surface area (Å²) in [6.45, 7) is 6.12. The molecular formula is C14H20N2O. The van der Waals surface area contributed by atoms with E-state index in [-0.39, 0.29) is 11.4 Å². The Labute approximate surface area is 102 Å². The third-order valence-electron chi connectivity index (χ3n) is 3.49. The SMILES string of the molecule is Cc1ccc(C(=O)NC(C)(C)C2CC2)c(N)c1. The fourth-order valence-corrected chi connectivity index (χ4v) is 2.16. The molecule has 1 amide bonds. The Hall–Kier alpha value is -1.51. The third kappa shape index (κ3) is 2.60. The molecule has 0 aromatic heterocycles. The van der Waals surface area contributed by atoms with Crippen LogP contribution in [0, 0.1) is 12.8 Å². The lowest BCUT2D eigenvalue weighted by atomic mass is 9.97. The molecule has 0 saturated heterocycles. The molecule has 0 unspecified atom stereocenters. The highest BCUT2D eigenvalue weighted by Gasteiger charge is 2.38. The van der Waals surface area contributed by atoms with Gasteiger partial charge in [-0.1, -0.05) is 6.07 Å². The minimum Gasteiger partial charge on any atom is -0.398 e. The minimum atomic E-state index is -0.131. The first-order valence-corrected chi connectivity index (χ1v) is 6.09. The van der Waals surface area contributed by atoms with Crippen LogP contribution >= 0.6 is 0 Å². The molecule has 2 rings (SSSR count). The topological polar surface area (TPSA) is 55.1 Å². The Balaban J connectivity index is 2.14. The number of nitrogens with one attached hydrogen (secondary N) is 1. The number of hydrogen-bond acceptors (Lipinski definition) is 2. The van der Waals surface area contributed by atoms with E-state index in [0.717, 1.165) is 5.56 Å². The van der Waals surface area contributed by atoms with Crippen molar-refractivity contribution in [3.05, 3.63) is 29.3 Å². The molecule has 3 nitrogen and oxygen atoms in total. The third-order valence-corrected chi connectivity index (χ3v) is 3.49. The fourth-order valence-electron chi connectivity index (χ4n) is 2.16. The van der Waals surface area contributed by atoms with Gasteiger partial charge in [-0.15, -0.1) is 0 Å². The van der Waals surface area contributed by atoms with Gasteiger partial charge in [0.25, 0.3) is 5.91 Å². The van der Waals surface area contributed by atoms with E-state index < -0.39 is 0 Å². The Morgan fingerprint density at radius 2 is 2.06 bits per heavy atom. The number of amides is 1. The Morgan fingerprint density at radius 1 is 1.41 bits per heavy atom. The number of rotatable bonds is 3. The summed E-state index contributed by atoms with van der Waals surface area (Å²) in [5.41, 5.74) is 7.93. The number of carbonyl (C=O) groups is 1. The summed E-state index contributed by atoms with van der Waals surface area (Å²) in [6, 6.07) is 5.54. The van der Waals surface area contributed by atoms with E-state index in [1.807, 2.05) is 19.1 Å². The van der Waals surface area contributed by atoms with Crippen LogP contribution in [0.5, 0.6) is 0 Å². The molecule has 0 aliphatic heterocycles. The molecule has 1 aromatic carbocycles. The second kappa shape index (κ2) is 4.06. The maximum Gasteiger partial charge on any atom is 0.253 e. The van der Waals surface area contributed by atoms with Crippen molar-refractivity contribution in [2.45, 2.75) is 39.2 Å². The molecule has 1 aliphatic rings. The van der Waals surface area contributed by atoms with Gasteiger partial charge in [-0.25, -0.2) is 0 Å². The molecule has 1 saturated carbocycles. The van der Waals surface area contributed by atoms with Crippen LogP contribution in [-0.2, 0) is 0 Å². The van der Waals surface area contributed by atoms with Crippen molar-refractivity contribution < 1.29 is 4.79 Å². The van der Waals surface area contributed by atoms with Crippen LogP contribution in [-0.4, -0.2) is 11.4 Å². The number of carbonyl (C=O) groups excluding carboxylic acids is 1. The normalized spacial score (nSPS) is 15.7. The van der Waals surface area contributed by atoms with E-state index in [1.165, 1.54) is 12.8 Å². The van der Waals surface area contributed by atoms with Gasteiger partial charge in [0.1, 0.15) is 0 Å². The largest absolute Gasteiger partial charge is 0.398 e. The molecule has 0 radical (unpaired) electrons. The molecule has 92 valence electrons. The summed E-state index contributed by atoms with van der Waals surface area (Å²) < 4.78 is 0. The Morgan fingerprint density at radius 3 is 2.59 bits per heavy atom. The van der Waals surface area contributed by atoms with Crippen molar-refractivity contribution in [3.8, 4) is 0 Å². The van der Waals surface area contributed by atoms with Gasteiger partial charge in [0, 0.05) is 11.2 Å². The number of aryl methyl sites for hydroxylation is 1. The standard InChI is InChI=1S/C14H20N2O/c1-9-4-7-11(12(15)8-9)13(17)16-14(2,3)10-5-6-10/h4,7-8,10H,5-6,15H2,1-3H3,(H,16,17). The molecule has 1 fully saturated rings. The van der Waals surface area contributed by atoms with E-state index in [0.29, 0.717) is 17.2 Å². The van der Waals surface area contributed by atoms with E-state index in [9.17, 15) is 4.79 Å². The minimum absolute atomic E-state index is 0.0700. The first-order chi connectivity index (χ1) is 7.90. The van der Waals surface area contributed by atoms with Crippen molar-refractivity contribution in [2.24, 2.45) is 5.92 Å². The zero-order valence-electron chi connectivity index (χ0n) is 10.7. The first-order valence-electron chi connectivity index (χ1n) is 6.09. The lowest BCUT2D eigenvalue weighted by Crippen LogP contribution is -2.45. The van der Waals surface area contributed by atoms with Crippen LogP contribution < -0.4 is 11.1 Å². The smallest absolute Gasteiger partial charge is 0.253 e. The molecule has 0 heterocycles. The van der Waals surface area contributed by atoms with Crippen LogP contribution in [0.1, 0.15) is 42.6 Å². The highest BCUT2D eigenvalue weighted by atomic mass is 16.1.